The average molecular weight is 308 g/mol. The molecule has 23 heavy (non-hydrogen) atoms. The van der Waals surface area contributed by atoms with Crippen LogP contribution in [-0.2, 0) is 0 Å². The maximum atomic E-state index is 14.1. The Hall–Kier alpha value is -2.56. The summed E-state index contributed by atoms with van der Waals surface area (Å²) in [6.07, 6.45) is 9.99. The Morgan fingerprint density at radius 2 is 1.74 bits per heavy atom. The molecule has 3 aromatic heterocycles. The minimum Gasteiger partial charge on any atom is -0.371 e. The van der Waals surface area contributed by atoms with Crippen molar-refractivity contribution >= 4 is 16.6 Å². The molecule has 0 N–H and O–H groups in total. The third-order valence-corrected chi connectivity index (χ3v) is 4.34. The van der Waals surface area contributed by atoms with Crippen LogP contribution in [0.4, 0.5) is 10.1 Å². The molecule has 4 rings (SSSR count). The number of pyridine rings is 3. The number of hydrogen-bond acceptors (Lipinski definition) is 4. The average Bonchev–Trinajstić information content (AvgIpc) is 2.62. The molecular formula is C18H17FN4. The van der Waals surface area contributed by atoms with Gasteiger partial charge in [-0.25, -0.2) is 9.37 Å². The van der Waals surface area contributed by atoms with Gasteiger partial charge < -0.3 is 4.90 Å². The third kappa shape index (κ3) is 2.63. The number of aromatic nitrogens is 3. The maximum Gasteiger partial charge on any atom is 0.150 e. The molecule has 0 aromatic carbocycles. The minimum absolute atomic E-state index is 0.354. The van der Waals surface area contributed by atoms with Crippen LogP contribution >= 0.6 is 0 Å². The van der Waals surface area contributed by atoms with Gasteiger partial charge in [0, 0.05) is 42.1 Å². The molecule has 1 aliphatic heterocycles. The van der Waals surface area contributed by atoms with Crippen LogP contribution in [0, 0.1) is 5.82 Å². The quantitative estimate of drug-likeness (QED) is 0.721. The molecular weight excluding hydrogens is 291 g/mol. The molecule has 1 saturated heterocycles. The molecule has 5 heteroatoms. The van der Waals surface area contributed by atoms with E-state index in [4.69, 9.17) is 0 Å². The van der Waals surface area contributed by atoms with E-state index >= 15 is 0 Å². The highest BCUT2D eigenvalue weighted by atomic mass is 19.1. The van der Waals surface area contributed by atoms with E-state index in [9.17, 15) is 4.39 Å². The second kappa shape index (κ2) is 5.91. The van der Waals surface area contributed by atoms with Crippen LogP contribution in [0.1, 0.15) is 19.3 Å². The van der Waals surface area contributed by atoms with Gasteiger partial charge in [-0.15, -0.1) is 0 Å². The molecule has 116 valence electrons. The van der Waals surface area contributed by atoms with Gasteiger partial charge in [-0.3, -0.25) is 9.97 Å². The molecule has 4 heterocycles. The van der Waals surface area contributed by atoms with Gasteiger partial charge in [-0.05, 0) is 37.5 Å². The predicted octanol–water partition coefficient (Wildman–Crippen LogP) is 3.82. The standard InChI is InChI=1S/C18H17FN4/c19-15-11-20-6-4-13(15)16-10-18(23-8-2-1-3-9-23)14-5-7-21-12-17(14)22-16/h4-7,10-12H,1-3,8-9H2. The number of fused-ring (bicyclic) bond motifs is 1. The van der Waals surface area contributed by atoms with E-state index in [0.29, 0.717) is 11.3 Å². The van der Waals surface area contributed by atoms with Crippen LogP contribution in [0.3, 0.4) is 0 Å². The molecule has 0 unspecified atom stereocenters. The number of nitrogens with zero attached hydrogens (tertiary/aromatic N) is 4. The topological polar surface area (TPSA) is 41.9 Å². The highest BCUT2D eigenvalue weighted by Crippen LogP contribution is 2.32. The van der Waals surface area contributed by atoms with E-state index in [0.717, 1.165) is 29.7 Å². The summed E-state index contributed by atoms with van der Waals surface area (Å²) in [6.45, 7) is 2.05. The van der Waals surface area contributed by atoms with Crippen LogP contribution in [0.5, 0.6) is 0 Å². The molecule has 1 aliphatic rings. The van der Waals surface area contributed by atoms with Crippen LogP contribution in [0.15, 0.2) is 43.0 Å². The fourth-order valence-corrected chi connectivity index (χ4v) is 3.18. The Kier molecular flexibility index (Phi) is 3.61. The maximum absolute atomic E-state index is 14.1. The molecule has 0 bridgehead atoms. The molecule has 4 nitrogen and oxygen atoms in total. The third-order valence-electron chi connectivity index (χ3n) is 4.34. The monoisotopic (exact) mass is 308 g/mol. The summed E-state index contributed by atoms with van der Waals surface area (Å²) in [7, 11) is 0. The summed E-state index contributed by atoms with van der Waals surface area (Å²) >= 11 is 0. The van der Waals surface area contributed by atoms with Crippen molar-refractivity contribution in [1.82, 2.24) is 15.0 Å². The van der Waals surface area contributed by atoms with E-state index in [1.54, 1.807) is 24.7 Å². The molecule has 0 saturated carbocycles. The zero-order chi connectivity index (χ0) is 15.6. The first-order chi connectivity index (χ1) is 11.3. The summed E-state index contributed by atoms with van der Waals surface area (Å²) in [6, 6.07) is 5.64. The van der Waals surface area contributed by atoms with Crippen LogP contribution in [0.25, 0.3) is 22.2 Å². The van der Waals surface area contributed by atoms with Gasteiger partial charge in [0.15, 0.2) is 5.82 Å². The van der Waals surface area contributed by atoms with Crippen molar-refractivity contribution < 1.29 is 4.39 Å². The normalized spacial score (nSPS) is 15.1. The molecule has 0 spiro atoms. The first kappa shape index (κ1) is 14.1. The first-order valence-corrected chi connectivity index (χ1v) is 7.92. The highest BCUT2D eigenvalue weighted by Gasteiger charge is 2.17. The van der Waals surface area contributed by atoms with E-state index in [1.165, 1.54) is 25.5 Å². The van der Waals surface area contributed by atoms with Crippen molar-refractivity contribution in [3.05, 3.63) is 48.8 Å². The predicted molar refractivity (Wildman–Crippen MR) is 88.8 cm³/mol. The van der Waals surface area contributed by atoms with Crippen molar-refractivity contribution in [2.75, 3.05) is 18.0 Å². The largest absolute Gasteiger partial charge is 0.371 e. The first-order valence-electron chi connectivity index (χ1n) is 7.92. The van der Waals surface area contributed by atoms with Crippen molar-refractivity contribution in [2.45, 2.75) is 19.3 Å². The van der Waals surface area contributed by atoms with E-state index in [1.807, 2.05) is 12.1 Å². The summed E-state index contributed by atoms with van der Waals surface area (Å²) in [5.41, 5.74) is 3.01. The van der Waals surface area contributed by atoms with Crippen molar-refractivity contribution in [3.8, 4) is 11.3 Å². The number of piperidine rings is 1. The summed E-state index contributed by atoms with van der Waals surface area (Å²) in [4.78, 5) is 15.0. The second-order valence-corrected chi connectivity index (χ2v) is 5.82. The van der Waals surface area contributed by atoms with Gasteiger partial charge in [-0.2, -0.15) is 0 Å². The zero-order valence-electron chi connectivity index (χ0n) is 12.7. The number of hydrogen-bond donors (Lipinski definition) is 0. The fourth-order valence-electron chi connectivity index (χ4n) is 3.18. The molecule has 0 atom stereocenters. The lowest BCUT2D eigenvalue weighted by Crippen LogP contribution is -2.29. The van der Waals surface area contributed by atoms with Crippen molar-refractivity contribution in [1.29, 1.82) is 0 Å². The molecule has 0 aliphatic carbocycles. The smallest absolute Gasteiger partial charge is 0.150 e. The Morgan fingerprint density at radius 1 is 0.957 bits per heavy atom. The van der Waals surface area contributed by atoms with Gasteiger partial charge in [0.05, 0.1) is 23.6 Å². The Morgan fingerprint density at radius 3 is 2.57 bits per heavy atom. The molecule has 0 amide bonds. The Bertz CT molecular complexity index is 843. The lowest BCUT2D eigenvalue weighted by Gasteiger charge is -2.30. The SMILES string of the molecule is Fc1cnccc1-c1cc(N2CCCCC2)c2ccncc2n1. The summed E-state index contributed by atoms with van der Waals surface area (Å²) in [5.74, 6) is -0.354. The number of rotatable bonds is 2. The number of halogens is 1. The highest BCUT2D eigenvalue weighted by molar-refractivity contribution is 5.93. The van der Waals surface area contributed by atoms with Crippen LogP contribution < -0.4 is 4.90 Å². The lowest BCUT2D eigenvalue weighted by molar-refractivity contribution is 0.579. The molecule has 1 fully saturated rings. The van der Waals surface area contributed by atoms with Gasteiger partial charge in [0.1, 0.15) is 0 Å². The van der Waals surface area contributed by atoms with Crippen molar-refractivity contribution in [3.63, 3.8) is 0 Å². The van der Waals surface area contributed by atoms with E-state index in [2.05, 4.69) is 19.9 Å². The summed E-state index contributed by atoms with van der Waals surface area (Å²) < 4.78 is 14.1. The number of anilines is 1. The van der Waals surface area contributed by atoms with E-state index < -0.39 is 0 Å². The van der Waals surface area contributed by atoms with Crippen LogP contribution in [0.2, 0.25) is 0 Å². The minimum atomic E-state index is -0.354. The Balaban J connectivity index is 1.91. The molecule has 0 radical (unpaired) electrons. The van der Waals surface area contributed by atoms with Gasteiger partial charge in [0.2, 0.25) is 0 Å². The lowest BCUT2D eigenvalue weighted by atomic mass is 10.1. The fraction of sp³-hybridized carbons (Fsp3) is 0.278. The van der Waals surface area contributed by atoms with E-state index in [-0.39, 0.29) is 5.82 Å². The van der Waals surface area contributed by atoms with Gasteiger partial charge in [-0.1, -0.05) is 0 Å². The zero-order valence-corrected chi connectivity index (χ0v) is 12.7. The summed E-state index contributed by atoms with van der Waals surface area (Å²) in [5, 5.41) is 1.07. The van der Waals surface area contributed by atoms with Crippen molar-refractivity contribution in [2.24, 2.45) is 0 Å². The second-order valence-electron chi connectivity index (χ2n) is 5.82. The van der Waals surface area contributed by atoms with Gasteiger partial charge in [0.25, 0.3) is 0 Å². The van der Waals surface area contributed by atoms with Crippen LogP contribution in [-0.4, -0.2) is 28.0 Å². The Labute approximate surface area is 134 Å². The van der Waals surface area contributed by atoms with Gasteiger partial charge >= 0.3 is 0 Å². The molecule has 3 aromatic rings.